The van der Waals surface area contributed by atoms with Gasteiger partial charge in [-0.25, -0.2) is 0 Å². The second kappa shape index (κ2) is 6.59. The molecule has 2 bridgehead atoms. The van der Waals surface area contributed by atoms with Crippen molar-refractivity contribution < 1.29 is 0 Å². The summed E-state index contributed by atoms with van der Waals surface area (Å²) >= 11 is 4.34. The largest absolute Gasteiger partial charge is 0.271 e. The molecule has 3 aliphatic rings. The maximum absolute atomic E-state index is 5.92. The minimum atomic E-state index is 0.534. The van der Waals surface area contributed by atoms with Crippen molar-refractivity contribution in [3.8, 4) is 0 Å². The van der Waals surface area contributed by atoms with Crippen LogP contribution < -0.4 is 11.3 Å². The fourth-order valence-electron chi connectivity index (χ4n) is 4.60. The molecule has 3 N–H and O–H groups in total. The lowest BCUT2D eigenvalue weighted by Gasteiger charge is -2.37. The maximum atomic E-state index is 5.92. The van der Waals surface area contributed by atoms with Gasteiger partial charge in [-0.05, 0) is 49.9 Å². The zero-order valence-electron chi connectivity index (χ0n) is 12.0. The molecule has 2 nitrogen and oxygen atoms in total. The predicted molar refractivity (Wildman–Crippen MR) is 87.4 cm³/mol. The number of hydrogen-bond donors (Lipinski definition) is 2. The Labute approximate surface area is 126 Å². The lowest BCUT2D eigenvalue weighted by Crippen LogP contribution is -2.49. The van der Waals surface area contributed by atoms with Crippen molar-refractivity contribution in [1.82, 2.24) is 5.43 Å². The first-order chi connectivity index (χ1) is 9.31. The maximum Gasteiger partial charge on any atom is 0.0342 e. The summed E-state index contributed by atoms with van der Waals surface area (Å²) in [5, 5.41) is 1.53. The van der Waals surface area contributed by atoms with Crippen molar-refractivity contribution in [2.45, 2.75) is 62.0 Å². The lowest BCUT2D eigenvalue weighted by atomic mass is 9.83. The minimum Gasteiger partial charge on any atom is -0.271 e. The van der Waals surface area contributed by atoms with Gasteiger partial charge in [0, 0.05) is 28.0 Å². The lowest BCUT2D eigenvalue weighted by molar-refractivity contribution is 0.274. The molecule has 2 saturated carbocycles. The topological polar surface area (TPSA) is 38.0 Å². The highest BCUT2D eigenvalue weighted by Crippen LogP contribution is 2.50. The molecule has 6 atom stereocenters. The average molecular weight is 301 g/mol. The summed E-state index contributed by atoms with van der Waals surface area (Å²) in [5.41, 5.74) is 3.19. The van der Waals surface area contributed by atoms with Gasteiger partial charge in [0.25, 0.3) is 0 Å². The number of rotatable bonds is 5. The van der Waals surface area contributed by atoms with E-state index in [1.54, 1.807) is 0 Å². The fraction of sp³-hybridized carbons (Fsp3) is 1.00. The van der Waals surface area contributed by atoms with E-state index in [4.69, 9.17) is 5.84 Å². The van der Waals surface area contributed by atoms with Crippen LogP contribution in [0.15, 0.2) is 0 Å². The van der Waals surface area contributed by atoms with Crippen LogP contribution in [0.5, 0.6) is 0 Å². The van der Waals surface area contributed by atoms with E-state index in [2.05, 4.69) is 35.9 Å². The summed E-state index contributed by atoms with van der Waals surface area (Å²) in [6, 6.07) is 0.534. The van der Waals surface area contributed by atoms with Crippen molar-refractivity contribution in [2.75, 3.05) is 11.5 Å². The van der Waals surface area contributed by atoms with E-state index in [0.29, 0.717) is 6.04 Å². The molecule has 1 saturated heterocycles. The molecule has 0 spiro atoms. The first-order valence-electron chi connectivity index (χ1n) is 8.01. The van der Waals surface area contributed by atoms with Crippen LogP contribution in [0.4, 0.5) is 0 Å². The Kier molecular flexibility index (Phi) is 5.05. The van der Waals surface area contributed by atoms with Crippen molar-refractivity contribution in [3.63, 3.8) is 0 Å². The monoisotopic (exact) mass is 300 g/mol. The van der Waals surface area contributed by atoms with Gasteiger partial charge in [0.15, 0.2) is 0 Å². The molecule has 3 rings (SSSR count). The Morgan fingerprint density at radius 3 is 2.68 bits per heavy atom. The Morgan fingerprint density at radius 1 is 1.21 bits per heavy atom. The van der Waals surface area contributed by atoms with Gasteiger partial charge >= 0.3 is 0 Å². The summed E-state index contributed by atoms with van der Waals surface area (Å²) in [7, 11) is 0. The number of hydrogen-bond acceptors (Lipinski definition) is 4. The first kappa shape index (κ1) is 14.6. The Hall–Kier alpha value is 0.620. The molecule has 3 fully saturated rings. The van der Waals surface area contributed by atoms with Crippen LogP contribution in [0, 0.1) is 17.8 Å². The highest BCUT2D eigenvalue weighted by atomic mass is 32.2. The summed E-state index contributed by atoms with van der Waals surface area (Å²) in [4.78, 5) is 0. The molecule has 19 heavy (non-hydrogen) atoms. The summed E-state index contributed by atoms with van der Waals surface area (Å²) in [6.45, 7) is 2.33. The third kappa shape index (κ3) is 3.12. The minimum absolute atomic E-state index is 0.534. The van der Waals surface area contributed by atoms with Gasteiger partial charge in [0.2, 0.25) is 0 Å². The summed E-state index contributed by atoms with van der Waals surface area (Å²) in [5.74, 6) is 11.6. The molecule has 6 unspecified atom stereocenters. The van der Waals surface area contributed by atoms with E-state index in [1.165, 1.54) is 50.0 Å². The van der Waals surface area contributed by atoms with Crippen LogP contribution in [-0.2, 0) is 0 Å². The molecule has 110 valence electrons. The number of thioether (sulfide) groups is 2. The normalized spacial score (nSPS) is 43.6. The molecular formula is C15H28N2S2. The van der Waals surface area contributed by atoms with Gasteiger partial charge in [0.05, 0.1) is 0 Å². The molecule has 0 radical (unpaired) electrons. The summed E-state index contributed by atoms with van der Waals surface area (Å²) < 4.78 is 0. The van der Waals surface area contributed by atoms with E-state index in [1.807, 2.05) is 0 Å². The van der Waals surface area contributed by atoms with Crippen LogP contribution in [0.1, 0.15) is 45.4 Å². The van der Waals surface area contributed by atoms with Gasteiger partial charge in [-0.1, -0.05) is 13.3 Å². The molecular weight excluding hydrogens is 272 g/mol. The number of hydrazine groups is 1. The molecule has 1 heterocycles. The average Bonchev–Trinajstić information content (AvgIpc) is 3.07. The second-order valence-electron chi connectivity index (χ2n) is 6.60. The summed E-state index contributed by atoms with van der Waals surface area (Å²) in [6.07, 6.45) is 8.63. The van der Waals surface area contributed by atoms with Crippen molar-refractivity contribution >= 4 is 23.5 Å². The Balaban J connectivity index is 1.60. The van der Waals surface area contributed by atoms with Crippen LogP contribution in [-0.4, -0.2) is 28.0 Å². The van der Waals surface area contributed by atoms with E-state index in [0.717, 1.165) is 28.3 Å². The SMILES string of the molecule is CCC1SCCSC1C(CC1CC2CCC1C2)NN. The zero-order chi connectivity index (χ0) is 13.2. The fourth-order valence-corrected chi connectivity index (χ4v) is 7.86. The van der Waals surface area contributed by atoms with E-state index < -0.39 is 0 Å². The van der Waals surface area contributed by atoms with Crippen LogP contribution in [0.3, 0.4) is 0 Å². The molecule has 0 amide bonds. The second-order valence-corrected chi connectivity index (χ2v) is 9.23. The number of fused-ring (bicyclic) bond motifs is 2. The van der Waals surface area contributed by atoms with Gasteiger partial charge in [-0.2, -0.15) is 23.5 Å². The van der Waals surface area contributed by atoms with E-state index >= 15 is 0 Å². The van der Waals surface area contributed by atoms with Gasteiger partial charge in [-0.15, -0.1) is 0 Å². The van der Waals surface area contributed by atoms with E-state index in [9.17, 15) is 0 Å². The molecule has 0 aromatic rings. The van der Waals surface area contributed by atoms with Crippen LogP contribution in [0.2, 0.25) is 0 Å². The molecule has 2 aliphatic carbocycles. The molecule has 0 aromatic carbocycles. The zero-order valence-corrected chi connectivity index (χ0v) is 13.6. The molecule has 1 aliphatic heterocycles. The third-order valence-electron chi connectivity index (χ3n) is 5.55. The standard InChI is InChI=1S/C15H28N2S2/c1-2-14-15(19-6-5-18-14)13(17-16)9-12-8-10-3-4-11(12)7-10/h10-15,17H,2-9,16H2,1H3. The Morgan fingerprint density at radius 2 is 2.05 bits per heavy atom. The van der Waals surface area contributed by atoms with E-state index in [-0.39, 0.29) is 0 Å². The number of nitrogens with two attached hydrogens (primary N) is 1. The quantitative estimate of drug-likeness (QED) is 0.604. The highest BCUT2D eigenvalue weighted by Gasteiger charge is 2.42. The van der Waals surface area contributed by atoms with Gasteiger partial charge in [0.1, 0.15) is 0 Å². The smallest absolute Gasteiger partial charge is 0.0342 e. The molecule has 0 aromatic heterocycles. The van der Waals surface area contributed by atoms with Crippen LogP contribution >= 0.6 is 23.5 Å². The number of nitrogens with one attached hydrogen (secondary N) is 1. The first-order valence-corrected chi connectivity index (χ1v) is 10.1. The third-order valence-corrected chi connectivity index (χ3v) is 8.95. The highest BCUT2D eigenvalue weighted by molar-refractivity contribution is 8.07. The molecule has 4 heteroatoms. The van der Waals surface area contributed by atoms with Gasteiger partial charge in [-0.3, -0.25) is 11.3 Å². The van der Waals surface area contributed by atoms with Crippen molar-refractivity contribution in [3.05, 3.63) is 0 Å². The Bertz CT molecular complexity index is 300. The predicted octanol–water partition coefficient (Wildman–Crippen LogP) is 3.27. The van der Waals surface area contributed by atoms with Gasteiger partial charge < -0.3 is 0 Å². The van der Waals surface area contributed by atoms with Crippen molar-refractivity contribution in [1.29, 1.82) is 0 Å². The van der Waals surface area contributed by atoms with Crippen molar-refractivity contribution in [2.24, 2.45) is 23.6 Å². The van der Waals surface area contributed by atoms with Crippen LogP contribution in [0.25, 0.3) is 0 Å².